The topological polar surface area (TPSA) is 53.7 Å². The fourth-order valence-corrected chi connectivity index (χ4v) is 5.27. The summed E-state index contributed by atoms with van der Waals surface area (Å²) >= 11 is 0. The molecule has 0 atom stereocenters. The third kappa shape index (κ3) is 3.27. The molecule has 0 radical (unpaired) electrons. The summed E-state index contributed by atoms with van der Waals surface area (Å²) < 4.78 is 2.03. The Balaban J connectivity index is 1.32. The molecule has 1 amide bonds. The maximum absolute atomic E-state index is 13.0. The maximum Gasteiger partial charge on any atom is 0.225 e. The van der Waals surface area contributed by atoms with Crippen LogP contribution >= 0.6 is 0 Å². The lowest BCUT2D eigenvalue weighted by Gasteiger charge is -2.35. The van der Waals surface area contributed by atoms with Crippen molar-refractivity contribution in [3.8, 4) is 0 Å². The highest BCUT2D eigenvalue weighted by Crippen LogP contribution is 2.32. The third-order valence-electron chi connectivity index (χ3n) is 6.86. The first-order valence-corrected chi connectivity index (χ1v) is 11.2. The van der Waals surface area contributed by atoms with Gasteiger partial charge in [-0.1, -0.05) is 12.8 Å². The zero-order valence-corrected chi connectivity index (χ0v) is 16.8. The number of nitrogens with zero attached hydrogens (tertiary/aromatic N) is 5. The van der Waals surface area contributed by atoms with Gasteiger partial charge in [-0.2, -0.15) is 5.10 Å². The summed E-state index contributed by atoms with van der Waals surface area (Å²) in [5.74, 6) is 1.65. The summed E-state index contributed by atoms with van der Waals surface area (Å²) in [6.45, 7) is 3.75. The Labute approximate surface area is 166 Å². The van der Waals surface area contributed by atoms with Crippen molar-refractivity contribution in [2.75, 3.05) is 31.1 Å². The molecule has 1 aliphatic carbocycles. The highest BCUT2D eigenvalue weighted by molar-refractivity contribution is 5.80. The van der Waals surface area contributed by atoms with Gasteiger partial charge in [-0.3, -0.25) is 4.79 Å². The second-order valence-corrected chi connectivity index (χ2v) is 8.68. The Bertz CT molecular complexity index is 844. The number of rotatable bonds is 2. The van der Waals surface area contributed by atoms with E-state index in [2.05, 4.69) is 9.80 Å². The zero-order valence-electron chi connectivity index (χ0n) is 16.8. The van der Waals surface area contributed by atoms with E-state index in [1.807, 2.05) is 16.9 Å². The van der Waals surface area contributed by atoms with Gasteiger partial charge in [0.2, 0.25) is 5.91 Å². The number of likely N-dealkylation sites (tertiary alicyclic amines) is 1. The van der Waals surface area contributed by atoms with Gasteiger partial charge in [0.1, 0.15) is 5.52 Å². The molecular weight excluding hydrogens is 350 g/mol. The molecule has 2 aromatic rings. The van der Waals surface area contributed by atoms with Gasteiger partial charge in [-0.05, 0) is 51.4 Å². The molecule has 0 saturated carbocycles. The first-order valence-electron chi connectivity index (χ1n) is 11.2. The molecule has 5 rings (SSSR count). The molecule has 0 aromatic carbocycles. The quantitative estimate of drug-likeness (QED) is 0.801. The monoisotopic (exact) mass is 381 g/mol. The largest absolute Gasteiger partial charge is 0.355 e. The molecule has 0 bridgehead atoms. The van der Waals surface area contributed by atoms with Crippen LogP contribution in [-0.2, 0) is 17.6 Å². The molecule has 0 N–H and O–H groups in total. The molecule has 0 spiro atoms. The molecule has 2 aromatic heterocycles. The highest BCUT2D eigenvalue weighted by atomic mass is 16.2. The Kier molecular flexibility index (Phi) is 4.95. The molecule has 0 unspecified atom stereocenters. The van der Waals surface area contributed by atoms with E-state index >= 15 is 0 Å². The minimum Gasteiger partial charge on any atom is -0.355 e. The Hall–Kier alpha value is -2.11. The van der Waals surface area contributed by atoms with E-state index in [1.54, 1.807) is 0 Å². The molecule has 2 fully saturated rings. The Morgan fingerprint density at radius 1 is 0.929 bits per heavy atom. The highest BCUT2D eigenvalue weighted by Gasteiger charge is 2.31. The first-order chi connectivity index (χ1) is 13.8. The number of fused-ring (bicyclic) bond motifs is 3. The third-order valence-corrected chi connectivity index (χ3v) is 6.86. The van der Waals surface area contributed by atoms with Crippen molar-refractivity contribution >= 4 is 17.2 Å². The van der Waals surface area contributed by atoms with Crippen LogP contribution in [0.5, 0.6) is 0 Å². The summed E-state index contributed by atoms with van der Waals surface area (Å²) in [6.07, 6.45) is 15.3. The van der Waals surface area contributed by atoms with E-state index in [9.17, 15) is 4.79 Å². The van der Waals surface area contributed by atoms with Gasteiger partial charge in [0.15, 0.2) is 5.82 Å². The van der Waals surface area contributed by atoms with Crippen LogP contribution in [0, 0.1) is 5.92 Å². The second-order valence-electron chi connectivity index (χ2n) is 8.68. The van der Waals surface area contributed by atoms with Crippen LogP contribution in [0.25, 0.3) is 5.52 Å². The lowest BCUT2D eigenvalue weighted by Crippen LogP contribution is -2.43. The number of carbonyl (C=O) groups excluding carboxylic acids is 1. The van der Waals surface area contributed by atoms with E-state index in [1.165, 1.54) is 55.3 Å². The second kappa shape index (κ2) is 7.72. The number of amides is 1. The van der Waals surface area contributed by atoms with E-state index in [-0.39, 0.29) is 5.92 Å². The minimum atomic E-state index is 0.188. The van der Waals surface area contributed by atoms with E-state index in [4.69, 9.17) is 10.1 Å². The van der Waals surface area contributed by atoms with Gasteiger partial charge in [-0.25, -0.2) is 9.50 Å². The first kappa shape index (κ1) is 18.0. The number of hydrogen-bond donors (Lipinski definition) is 0. The van der Waals surface area contributed by atoms with Gasteiger partial charge in [0.05, 0.1) is 5.69 Å². The molecule has 4 heterocycles. The zero-order chi connectivity index (χ0) is 18.9. The summed E-state index contributed by atoms with van der Waals surface area (Å²) in [4.78, 5) is 22.3. The minimum absolute atomic E-state index is 0.188. The summed E-state index contributed by atoms with van der Waals surface area (Å²) in [6, 6.07) is 0. The summed E-state index contributed by atoms with van der Waals surface area (Å²) in [5, 5.41) is 4.81. The molecule has 28 heavy (non-hydrogen) atoms. The predicted octanol–water partition coefficient (Wildman–Crippen LogP) is 3.23. The van der Waals surface area contributed by atoms with Gasteiger partial charge < -0.3 is 9.80 Å². The van der Waals surface area contributed by atoms with Crippen LogP contribution in [-0.4, -0.2) is 51.6 Å². The molecular formula is C22H31N5O. The number of carbonyl (C=O) groups is 1. The lowest BCUT2D eigenvalue weighted by atomic mass is 9.94. The molecule has 3 aliphatic rings. The van der Waals surface area contributed by atoms with Crippen LogP contribution in [0.1, 0.15) is 62.6 Å². The number of piperidine rings is 1. The van der Waals surface area contributed by atoms with Crippen LogP contribution in [0.2, 0.25) is 0 Å². The standard InChI is InChI=1S/C22H31N5O/c28-22(26-12-5-1-2-6-13-26)17-9-14-25(15-10-17)21-20-18-7-3-4-8-19(18)24-27(20)16-11-23-21/h11,16-17H,1-10,12-15H2. The van der Waals surface area contributed by atoms with Crippen molar-refractivity contribution in [1.29, 1.82) is 0 Å². The smallest absolute Gasteiger partial charge is 0.225 e. The van der Waals surface area contributed by atoms with Gasteiger partial charge in [0, 0.05) is 50.1 Å². The van der Waals surface area contributed by atoms with E-state index < -0.39 is 0 Å². The van der Waals surface area contributed by atoms with E-state index in [0.717, 1.165) is 57.7 Å². The number of aromatic nitrogens is 3. The average Bonchev–Trinajstić information content (AvgIpc) is 2.92. The summed E-state index contributed by atoms with van der Waals surface area (Å²) in [5.41, 5.74) is 3.86. The van der Waals surface area contributed by atoms with Crippen LogP contribution in [0.15, 0.2) is 12.4 Å². The van der Waals surface area contributed by atoms with Crippen molar-refractivity contribution < 1.29 is 4.79 Å². The lowest BCUT2D eigenvalue weighted by molar-refractivity contribution is -0.136. The van der Waals surface area contributed by atoms with Gasteiger partial charge in [-0.15, -0.1) is 0 Å². The fraction of sp³-hybridized carbons (Fsp3) is 0.682. The molecule has 6 heteroatoms. The van der Waals surface area contributed by atoms with Crippen molar-refractivity contribution in [1.82, 2.24) is 19.5 Å². The number of hydrogen-bond acceptors (Lipinski definition) is 4. The van der Waals surface area contributed by atoms with Crippen molar-refractivity contribution in [3.63, 3.8) is 0 Å². The van der Waals surface area contributed by atoms with Crippen molar-refractivity contribution in [2.45, 2.75) is 64.2 Å². The van der Waals surface area contributed by atoms with Crippen LogP contribution < -0.4 is 4.90 Å². The normalized spacial score (nSPS) is 21.6. The van der Waals surface area contributed by atoms with Gasteiger partial charge in [0.25, 0.3) is 0 Å². The predicted molar refractivity (Wildman–Crippen MR) is 110 cm³/mol. The molecule has 2 aliphatic heterocycles. The Morgan fingerprint density at radius 3 is 2.46 bits per heavy atom. The van der Waals surface area contributed by atoms with Gasteiger partial charge >= 0.3 is 0 Å². The van der Waals surface area contributed by atoms with Crippen molar-refractivity contribution in [2.24, 2.45) is 5.92 Å². The van der Waals surface area contributed by atoms with Crippen LogP contribution in [0.3, 0.4) is 0 Å². The molecule has 2 saturated heterocycles. The SMILES string of the molecule is O=C(C1CCN(c2nccn3nc4c(c23)CCCC4)CC1)N1CCCCCC1. The maximum atomic E-state index is 13.0. The number of aryl methyl sites for hydroxylation is 2. The Morgan fingerprint density at radius 2 is 1.68 bits per heavy atom. The molecule has 6 nitrogen and oxygen atoms in total. The number of anilines is 1. The van der Waals surface area contributed by atoms with Crippen molar-refractivity contribution in [3.05, 3.63) is 23.7 Å². The molecule has 150 valence electrons. The van der Waals surface area contributed by atoms with E-state index in [0.29, 0.717) is 5.91 Å². The van der Waals surface area contributed by atoms with Crippen LogP contribution in [0.4, 0.5) is 5.82 Å². The fourth-order valence-electron chi connectivity index (χ4n) is 5.27. The average molecular weight is 382 g/mol. The summed E-state index contributed by atoms with van der Waals surface area (Å²) in [7, 11) is 0.